The first-order valence-electron chi connectivity index (χ1n) is 13.0. The molecule has 3 aliphatic rings. The van der Waals surface area contributed by atoms with Crippen molar-refractivity contribution in [3.63, 3.8) is 0 Å². The summed E-state index contributed by atoms with van der Waals surface area (Å²) in [5, 5.41) is 0.956. The van der Waals surface area contributed by atoms with Crippen molar-refractivity contribution >= 4 is 69.7 Å². The molecule has 0 saturated carbocycles. The average Bonchev–Trinajstić information content (AvgIpc) is 3.61. The zero-order valence-electron chi connectivity index (χ0n) is 22.7. The summed E-state index contributed by atoms with van der Waals surface area (Å²) in [6.45, 7) is 0. The molecule has 220 valence electrons. The van der Waals surface area contributed by atoms with E-state index in [0.29, 0.717) is 42.1 Å². The number of methoxy groups -OCH3 is 2. The van der Waals surface area contributed by atoms with Crippen LogP contribution in [0, 0.1) is 0 Å². The number of carbonyl (C=O) groups excluding carboxylic acids is 4. The van der Waals surface area contributed by atoms with Crippen LogP contribution in [0.3, 0.4) is 0 Å². The third-order valence-corrected chi connectivity index (χ3v) is 11.9. The number of esters is 2. The molecule has 2 atom stereocenters. The summed E-state index contributed by atoms with van der Waals surface area (Å²) in [5.41, 5.74) is 2.31. The lowest BCUT2D eigenvalue weighted by Gasteiger charge is -2.35. The molecule has 4 heterocycles. The summed E-state index contributed by atoms with van der Waals surface area (Å²) in [5.74, 6) is -3.34. The van der Waals surface area contributed by atoms with Gasteiger partial charge in [0.1, 0.15) is 0 Å². The highest BCUT2D eigenvalue weighted by Gasteiger charge is 2.49. The number of aromatic amines is 2. The first-order chi connectivity index (χ1) is 21.2. The third-order valence-electron chi connectivity index (χ3n) is 7.52. The quantitative estimate of drug-likeness (QED) is 0.234. The van der Waals surface area contributed by atoms with Crippen LogP contribution in [0.15, 0.2) is 89.1 Å². The lowest BCUT2D eigenvalue weighted by atomic mass is 9.76. The number of ether oxygens (including phenoxy) is 2. The molecule has 1 aliphatic carbocycles. The molecule has 2 aromatic heterocycles. The predicted molar refractivity (Wildman–Crippen MR) is 165 cm³/mol. The van der Waals surface area contributed by atoms with E-state index in [4.69, 9.17) is 9.47 Å². The third kappa shape index (κ3) is 4.39. The number of Topliss-reactive ketones (excluding diaryl/α,β-unsaturated/α-hetero) is 2. The molecule has 0 saturated heterocycles. The van der Waals surface area contributed by atoms with Crippen molar-refractivity contribution in [2.75, 3.05) is 14.2 Å². The number of nitrogens with one attached hydrogen (secondary N) is 2. The number of rotatable bonds is 4. The number of thiazole rings is 2. The van der Waals surface area contributed by atoms with Gasteiger partial charge >= 0.3 is 21.7 Å². The van der Waals surface area contributed by atoms with Gasteiger partial charge in [0.05, 0.1) is 66.8 Å². The monoisotopic (exact) mass is 662 g/mol. The second-order valence-corrected chi connectivity index (χ2v) is 13.9. The minimum Gasteiger partial charge on any atom is -0.465 e. The first kappa shape index (κ1) is 28.5. The molecular weight excluding hydrogens is 645 g/mol. The van der Waals surface area contributed by atoms with Gasteiger partial charge < -0.3 is 19.4 Å². The molecule has 0 radical (unpaired) electrons. The van der Waals surface area contributed by atoms with Crippen LogP contribution >= 0.6 is 46.2 Å². The Kier molecular flexibility index (Phi) is 6.96. The van der Waals surface area contributed by atoms with Gasteiger partial charge in [-0.3, -0.25) is 19.2 Å². The maximum atomic E-state index is 14.8. The van der Waals surface area contributed by atoms with Crippen LogP contribution in [-0.4, -0.2) is 47.7 Å². The molecular formula is C30H18N2O8S4. The van der Waals surface area contributed by atoms with Crippen LogP contribution in [0.1, 0.15) is 53.4 Å². The summed E-state index contributed by atoms with van der Waals surface area (Å²) in [6.07, 6.45) is 0. The van der Waals surface area contributed by atoms with E-state index >= 15 is 0 Å². The van der Waals surface area contributed by atoms with Crippen molar-refractivity contribution in [1.29, 1.82) is 0 Å². The summed E-state index contributed by atoms with van der Waals surface area (Å²) in [7, 11) is 2.56. The molecule has 2 unspecified atom stereocenters. The van der Waals surface area contributed by atoms with E-state index in [1.807, 2.05) is 0 Å². The van der Waals surface area contributed by atoms with Crippen molar-refractivity contribution in [2.24, 2.45) is 0 Å². The van der Waals surface area contributed by atoms with Gasteiger partial charge in [0.25, 0.3) is 0 Å². The number of fused-ring (bicyclic) bond motifs is 2. The second kappa shape index (κ2) is 10.7. The van der Waals surface area contributed by atoms with Gasteiger partial charge in [0.2, 0.25) is 5.78 Å². The van der Waals surface area contributed by atoms with E-state index in [-0.39, 0.29) is 42.3 Å². The highest BCUT2D eigenvalue weighted by atomic mass is 32.2. The number of hydrogen-bond donors (Lipinski definition) is 2. The average molecular weight is 663 g/mol. The molecule has 2 N–H and O–H groups in total. The summed E-state index contributed by atoms with van der Waals surface area (Å²) in [4.78, 5) is 84.8. The van der Waals surface area contributed by atoms with Crippen molar-refractivity contribution in [2.45, 2.75) is 21.9 Å². The Balaban J connectivity index is 1.40. The predicted octanol–water partition coefficient (Wildman–Crippen LogP) is 4.59. The summed E-state index contributed by atoms with van der Waals surface area (Å²) >= 11 is 4.03. The van der Waals surface area contributed by atoms with Crippen molar-refractivity contribution < 1.29 is 28.7 Å². The second-order valence-electron chi connectivity index (χ2n) is 9.86. The fraction of sp³-hybridized carbons (Fsp3) is 0.133. The maximum absolute atomic E-state index is 14.8. The molecule has 0 bridgehead atoms. The molecule has 44 heavy (non-hydrogen) atoms. The molecule has 7 rings (SSSR count). The Morgan fingerprint density at radius 2 is 1.00 bits per heavy atom. The highest BCUT2D eigenvalue weighted by molar-refractivity contribution is 8.06. The molecule has 2 aromatic carbocycles. The molecule has 0 fully saturated rings. The molecule has 14 heteroatoms. The van der Waals surface area contributed by atoms with E-state index in [1.165, 1.54) is 14.2 Å². The van der Waals surface area contributed by atoms with E-state index in [1.54, 1.807) is 48.5 Å². The maximum Gasteiger partial charge on any atom is 0.337 e. The van der Waals surface area contributed by atoms with Gasteiger partial charge in [-0.2, -0.15) is 0 Å². The van der Waals surface area contributed by atoms with Crippen molar-refractivity contribution in [3.05, 3.63) is 121 Å². The van der Waals surface area contributed by atoms with E-state index < -0.39 is 23.8 Å². The molecule has 2 aliphatic heterocycles. The summed E-state index contributed by atoms with van der Waals surface area (Å²) < 4.78 is 9.63. The van der Waals surface area contributed by atoms with E-state index in [0.717, 1.165) is 46.2 Å². The van der Waals surface area contributed by atoms with Crippen LogP contribution in [0.25, 0.3) is 0 Å². The molecule has 0 spiro atoms. The largest absolute Gasteiger partial charge is 0.465 e. The number of H-pyrrole nitrogens is 2. The van der Waals surface area contributed by atoms with Gasteiger partial charge in [-0.1, -0.05) is 70.5 Å². The molecule has 4 aromatic rings. The lowest BCUT2D eigenvalue weighted by molar-refractivity contribution is -0.116. The minimum absolute atomic E-state index is 0.200. The zero-order chi connectivity index (χ0) is 30.9. The van der Waals surface area contributed by atoms with E-state index in [2.05, 4.69) is 9.97 Å². The number of hydrogen-bond acceptors (Lipinski definition) is 12. The van der Waals surface area contributed by atoms with Gasteiger partial charge in [-0.15, -0.1) is 0 Å². The van der Waals surface area contributed by atoms with Crippen molar-refractivity contribution in [3.8, 4) is 0 Å². The normalized spacial score (nSPS) is 18.8. The van der Waals surface area contributed by atoms with Crippen LogP contribution in [-0.2, 0) is 19.1 Å². The minimum atomic E-state index is -0.763. The number of carbonyl (C=O) groups is 4. The Bertz CT molecular complexity index is 1960. The number of ketones is 2. The SMILES string of the molecule is COC(=O)c1ccc(C2C3=C(Sc4[nH]c(=O)sc42)C(=O)C2=C(C3=O)C(c3ccc(C(=O)OC)cc3)c3sc(=O)[nH]c3S2)cc1. The number of allylic oxidation sites excluding steroid dienone is 4. The van der Waals surface area contributed by atoms with E-state index in [9.17, 15) is 28.8 Å². The number of aromatic nitrogens is 2. The van der Waals surface area contributed by atoms with Crippen LogP contribution in [0.4, 0.5) is 0 Å². The van der Waals surface area contributed by atoms with Crippen LogP contribution < -0.4 is 9.75 Å². The Labute approximate surface area is 264 Å². The first-order valence-corrected chi connectivity index (χ1v) is 16.2. The van der Waals surface area contributed by atoms with Gasteiger partial charge in [0, 0.05) is 11.1 Å². The topological polar surface area (TPSA) is 152 Å². The fourth-order valence-corrected chi connectivity index (χ4v) is 10.2. The Hall–Kier alpha value is -4.24. The van der Waals surface area contributed by atoms with Crippen molar-refractivity contribution in [1.82, 2.24) is 9.97 Å². The van der Waals surface area contributed by atoms with Gasteiger partial charge in [-0.25, -0.2) is 9.59 Å². The smallest absolute Gasteiger partial charge is 0.337 e. The van der Waals surface area contributed by atoms with Gasteiger partial charge in [-0.05, 0) is 35.4 Å². The number of thioether (sulfide) groups is 2. The van der Waals surface area contributed by atoms with Gasteiger partial charge in [0.15, 0.2) is 5.78 Å². The molecule has 0 amide bonds. The van der Waals surface area contributed by atoms with Crippen LogP contribution in [0.2, 0.25) is 0 Å². The number of benzene rings is 2. The molecule has 10 nitrogen and oxygen atoms in total. The lowest BCUT2D eigenvalue weighted by Crippen LogP contribution is -2.31. The zero-order valence-corrected chi connectivity index (χ0v) is 25.9. The highest BCUT2D eigenvalue weighted by Crippen LogP contribution is 2.58. The Morgan fingerprint density at radius 1 is 0.614 bits per heavy atom. The van der Waals surface area contributed by atoms with Crippen LogP contribution in [0.5, 0.6) is 0 Å². The summed E-state index contributed by atoms with van der Waals surface area (Å²) in [6, 6.07) is 13.0. The fourth-order valence-electron chi connectivity index (χ4n) is 5.57. The standard InChI is InChI=1S/C30H18N2O8S4/c1-39-27(35)13-7-3-11(4-8-13)15-17-19(33)18-16(12-5-9-14(10-6-12)28(36)40-2)24-26(32-30(38)44-24)42-22(18)20(34)21(17)41-25-23(15)43-29(37)31-25/h3-10,15-16H,1-2H3,(H,31,37)(H,32,38). The Morgan fingerprint density at radius 3 is 1.36 bits per heavy atom.